The van der Waals surface area contributed by atoms with E-state index in [1.165, 1.54) is 4.90 Å². The summed E-state index contributed by atoms with van der Waals surface area (Å²) in [5, 5.41) is 11.8. The van der Waals surface area contributed by atoms with Crippen molar-refractivity contribution >= 4 is 12.0 Å². The van der Waals surface area contributed by atoms with Crippen molar-refractivity contribution in [3.63, 3.8) is 0 Å². The van der Waals surface area contributed by atoms with Gasteiger partial charge >= 0.3 is 12.0 Å². The van der Waals surface area contributed by atoms with Gasteiger partial charge in [-0.2, -0.15) is 0 Å². The molecule has 1 unspecified atom stereocenters. The first kappa shape index (κ1) is 17.5. The quantitative estimate of drug-likeness (QED) is 0.728. The number of nitrogens with zero attached hydrogens (tertiary/aromatic N) is 1. The zero-order valence-electron chi connectivity index (χ0n) is 12.6. The topological polar surface area (TPSA) is 69.6 Å². The first-order valence-corrected chi connectivity index (χ1v) is 6.39. The van der Waals surface area contributed by atoms with Gasteiger partial charge in [-0.25, -0.2) is 4.79 Å². The number of likely N-dealkylation sites (N-methyl/N-ethyl adjacent to an activating group) is 1. The number of urea groups is 1. The predicted molar refractivity (Wildman–Crippen MR) is 76.0 cm³/mol. The minimum absolute atomic E-state index is 0.0859. The second-order valence-corrected chi connectivity index (χ2v) is 6.30. The summed E-state index contributed by atoms with van der Waals surface area (Å²) in [7, 11) is 1.66. The van der Waals surface area contributed by atoms with E-state index in [4.69, 9.17) is 5.11 Å². The summed E-state index contributed by atoms with van der Waals surface area (Å²) in [5.41, 5.74) is 0.791. The van der Waals surface area contributed by atoms with Gasteiger partial charge in [0.2, 0.25) is 0 Å². The Balaban J connectivity index is 4.37. The van der Waals surface area contributed by atoms with Crippen LogP contribution in [-0.2, 0) is 4.79 Å². The number of rotatable bonds is 6. The van der Waals surface area contributed by atoms with Crippen molar-refractivity contribution in [2.45, 2.75) is 34.1 Å². The molecule has 5 nitrogen and oxygen atoms in total. The van der Waals surface area contributed by atoms with Gasteiger partial charge < -0.3 is 15.3 Å². The van der Waals surface area contributed by atoms with Crippen molar-refractivity contribution in [2.24, 2.45) is 11.3 Å². The van der Waals surface area contributed by atoms with E-state index in [-0.39, 0.29) is 18.0 Å². The first-order chi connectivity index (χ1) is 8.53. The fourth-order valence-electron chi connectivity index (χ4n) is 1.81. The minimum Gasteiger partial charge on any atom is -0.481 e. The largest absolute Gasteiger partial charge is 0.481 e. The third-order valence-corrected chi connectivity index (χ3v) is 2.56. The Labute approximate surface area is 115 Å². The van der Waals surface area contributed by atoms with Crippen LogP contribution in [0.4, 0.5) is 4.79 Å². The molecule has 110 valence electrons. The average Bonchev–Trinajstić information content (AvgIpc) is 2.20. The van der Waals surface area contributed by atoms with E-state index in [1.54, 1.807) is 7.05 Å². The third-order valence-electron chi connectivity index (χ3n) is 2.56. The molecule has 0 bridgehead atoms. The van der Waals surface area contributed by atoms with Crippen LogP contribution in [-0.4, -0.2) is 42.1 Å². The highest BCUT2D eigenvalue weighted by Gasteiger charge is 2.25. The molecule has 0 spiro atoms. The van der Waals surface area contributed by atoms with Gasteiger partial charge in [0.25, 0.3) is 0 Å². The van der Waals surface area contributed by atoms with Crippen LogP contribution in [0.5, 0.6) is 0 Å². The summed E-state index contributed by atoms with van der Waals surface area (Å²) < 4.78 is 0. The van der Waals surface area contributed by atoms with E-state index >= 15 is 0 Å². The maximum atomic E-state index is 11.8. The molecule has 1 atom stereocenters. The summed E-state index contributed by atoms with van der Waals surface area (Å²) in [6.45, 7) is 12.1. The van der Waals surface area contributed by atoms with Gasteiger partial charge in [-0.15, -0.1) is 0 Å². The Morgan fingerprint density at radius 3 is 2.26 bits per heavy atom. The van der Waals surface area contributed by atoms with Crippen LogP contribution in [0.3, 0.4) is 0 Å². The average molecular weight is 270 g/mol. The van der Waals surface area contributed by atoms with E-state index in [2.05, 4.69) is 11.9 Å². The molecule has 0 radical (unpaired) electrons. The van der Waals surface area contributed by atoms with E-state index in [9.17, 15) is 9.59 Å². The smallest absolute Gasteiger partial charge is 0.317 e. The Bertz CT molecular complexity index is 345. The fourth-order valence-corrected chi connectivity index (χ4v) is 1.81. The van der Waals surface area contributed by atoms with Gasteiger partial charge in [-0.1, -0.05) is 32.9 Å². The second-order valence-electron chi connectivity index (χ2n) is 6.30. The highest BCUT2D eigenvalue weighted by molar-refractivity contribution is 5.76. The maximum absolute atomic E-state index is 11.8. The maximum Gasteiger partial charge on any atom is 0.317 e. The summed E-state index contributed by atoms with van der Waals surface area (Å²) in [4.78, 5) is 24.4. The molecular weight excluding hydrogens is 244 g/mol. The van der Waals surface area contributed by atoms with Crippen molar-refractivity contribution in [2.75, 3.05) is 20.1 Å². The van der Waals surface area contributed by atoms with Gasteiger partial charge in [-0.3, -0.25) is 4.79 Å². The SMILES string of the molecule is C=C(C)CN(C)C(=O)NCC(CC(C)(C)C)C(=O)O. The van der Waals surface area contributed by atoms with E-state index in [0.717, 1.165) is 5.57 Å². The zero-order chi connectivity index (χ0) is 15.2. The molecule has 0 aliphatic heterocycles. The number of carboxylic acid groups (broad SMARTS) is 1. The van der Waals surface area contributed by atoms with Gasteiger partial charge in [0, 0.05) is 20.1 Å². The molecule has 0 aromatic heterocycles. The van der Waals surface area contributed by atoms with Crippen molar-refractivity contribution in [3.8, 4) is 0 Å². The number of aliphatic carboxylic acids is 1. The van der Waals surface area contributed by atoms with Gasteiger partial charge in [0.1, 0.15) is 0 Å². The first-order valence-electron chi connectivity index (χ1n) is 6.39. The fraction of sp³-hybridized carbons (Fsp3) is 0.714. The van der Waals surface area contributed by atoms with Crippen LogP contribution in [0.1, 0.15) is 34.1 Å². The number of carbonyl (C=O) groups is 2. The lowest BCUT2D eigenvalue weighted by Gasteiger charge is -2.24. The van der Waals surface area contributed by atoms with E-state index in [0.29, 0.717) is 13.0 Å². The molecule has 0 rings (SSSR count). The molecule has 0 aromatic carbocycles. The molecular formula is C14H26N2O3. The molecule has 0 aliphatic carbocycles. The molecule has 2 N–H and O–H groups in total. The molecule has 0 heterocycles. The summed E-state index contributed by atoms with van der Waals surface area (Å²) in [6, 6.07) is -0.275. The second kappa shape index (κ2) is 7.16. The van der Waals surface area contributed by atoms with Crippen LogP contribution < -0.4 is 5.32 Å². The third kappa shape index (κ3) is 8.24. The summed E-state index contributed by atoms with van der Waals surface area (Å²) >= 11 is 0. The van der Waals surface area contributed by atoms with Gasteiger partial charge in [0.05, 0.1) is 5.92 Å². The lowest BCUT2D eigenvalue weighted by atomic mass is 9.84. The Morgan fingerprint density at radius 1 is 1.37 bits per heavy atom. The van der Waals surface area contributed by atoms with Crippen LogP contribution in [0.2, 0.25) is 0 Å². The molecule has 2 amide bonds. The minimum atomic E-state index is -0.877. The molecule has 0 aromatic rings. The van der Waals surface area contributed by atoms with E-state index < -0.39 is 11.9 Å². The Morgan fingerprint density at radius 2 is 1.89 bits per heavy atom. The lowest BCUT2D eigenvalue weighted by Crippen LogP contribution is -2.42. The number of amides is 2. The van der Waals surface area contributed by atoms with Crippen molar-refractivity contribution in [1.29, 1.82) is 0 Å². The van der Waals surface area contributed by atoms with E-state index in [1.807, 2.05) is 27.7 Å². The monoisotopic (exact) mass is 270 g/mol. The standard InChI is InChI=1S/C14H26N2O3/c1-10(2)9-16(6)13(19)15-8-11(12(17)18)7-14(3,4)5/h11H,1,7-9H2,2-6H3,(H,15,19)(H,17,18). The molecule has 0 aliphatic rings. The number of hydrogen-bond acceptors (Lipinski definition) is 2. The van der Waals surface area contributed by atoms with Crippen molar-refractivity contribution < 1.29 is 14.7 Å². The number of hydrogen-bond donors (Lipinski definition) is 2. The highest BCUT2D eigenvalue weighted by Crippen LogP contribution is 2.24. The zero-order valence-corrected chi connectivity index (χ0v) is 12.6. The number of carboxylic acids is 1. The lowest BCUT2D eigenvalue weighted by molar-refractivity contribution is -0.142. The predicted octanol–water partition coefficient (Wildman–Crippen LogP) is 2.34. The van der Waals surface area contributed by atoms with Crippen molar-refractivity contribution in [1.82, 2.24) is 10.2 Å². The van der Waals surface area contributed by atoms with Gasteiger partial charge in [-0.05, 0) is 18.8 Å². The van der Waals surface area contributed by atoms with Crippen LogP contribution in [0, 0.1) is 11.3 Å². The number of carbonyl (C=O) groups excluding carboxylic acids is 1. The molecule has 0 saturated carbocycles. The Hall–Kier alpha value is -1.52. The number of nitrogens with one attached hydrogen (secondary N) is 1. The van der Waals surface area contributed by atoms with Crippen molar-refractivity contribution in [3.05, 3.63) is 12.2 Å². The van der Waals surface area contributed by atoms with Crippen LogP contribution in [0.25, 0.3) is 0 Å². The molecule has 0 saturated heterocycles. The van der Waals surface area contributed by atoms with Crippen LogP contribution >= 0.6 is 0 Å². The van der Waals surface area contributed by atoms with Crippen LogP contribution in [0.15, 0.2) is 12.2 Å². The molecule has 5 heteroatoms. The normalized spacial score (nSPS) is 12.7. The van der Waals surface area contributed by atoms with Gasteiger partial charge in [0.15, 0.2) is 0 Å². The highest BCUT2D eigenvalue weighted by atomic mass is 16.4. The summed E-state index contributed by atoms with van der Waals surface area (Å²) in [6.07, 6.45) is 0.521. The summed E-state index contributed by atoms with van der Waals surface area (Å²) in [5.74, 6) is -1.44. The Kier molecular flexibility index (Phi) is 6.59. The molecule has 0 fully saturated rings. The molecule has 19 heavy (non-hydrogen) atoms.